The molecule has 0 rings (SSSR count). The molecule has 0 saturated heterocycles. The average Bonchev–Trinajstić information content (AvgIpc) is 3.07. The van der Waals surface area contributed by atoms with Crippen LogP contribution in [0.3, 0.4) is 0 Å². The maximum atomic E-state index is 12.6. The molecule has 3 heteroatoms. The van der Waals surface area contributed by atoms with Crippen molar-refractivity contribution >= 4 is 5.97 Å². The summed E-state index contributed by atoms with van der Waals surface area (Å²) in [5.74, 6) is 0.0135. The Morgan fingerprint density at radius 1 is 0.511 bits per heavy atom. The first-order chi connectivity index (χ1) is 23.1. The number of unbranched alkanes of at least 4 members (excludes halogenated alkanes) is 18. The third kappa shape index (κ3) is 37.1. The Balaban J connectivity index is 4.07. The van der Waals surface area contributed by atoms with Crippen LogP contribution in [0, 0.1) is 0 Å². The van der Waals surface area contributed by atoms with Crippen LogP contribution in [0.25, 0.3) is 0 Å². The van der Waals surface area contributed by atoms with Crippen molar-refractivity contribution in [2.45, 2.75) is 207 Å². The lowest BCUT2D eigenvalue weighted by molar-refractivity contribution is -0.150. The summed E-state index contributed by atoms with van der Waals surface area (Å²) < 4.78 is 6.03. The summed E-state index contributed by atoms with van der Waals surface area (Å²) in [6, 6.07) is 0. The van der Waals surface area contributed by atoms with Crippen molar-refractivity contribution in [2.24, 2.45) is 0 Å². The molecular weight excluding hydrogens is 574 g/mol. The van der Waals surface area contributed by atoms with Crippen molar-refractivity contribution in [1.29, 1.82) is 0 Å². The normalized spacial score (nSPS) is 13.0. The van der Waals surface area contributed by atoms with E-state index in [1.165, 1.54) is 141 Å². The molecule has 0 aliphatic carbocycles. The lowest BCUT2D eigenvalue weighted by Crippen LogP contribution is -2.22. The number of hydrogen-bond donors (Lipinski definition) is 0. The van der Waals surface area contributed by atoms with E-state index in [9.17, 15) is 4.79 Å². The highest BCUT2D eigenvalue weighted by Gasteiger charge is 2.14. The van der Waals surface area contributed by atoms with Crippen LogP contribution in [0.2, 0.25) is 0 Å². The van der Waals surface area contributed by atoms with Crippen LogP contribution in [0.4, 0.5) is 0 Å². The van der Waals surface area contributed by atoms with E-state index >= 15 is 0 Å². The minimum absolute atomic E-state index is 0.0135. The Bertz CT molecular complexity index is 704. The van der Waals surface area contributed by atoms with Gasteiger partial charge in [0.2, 0.25) is 0 Å². The third-order valence-corrected chi connectivity index (χ3v) is 9.21. The summed E-state index contributed by atoms with van der Waals surface area (Å²) >= 11 is 0. The Morgan fingerprint density at radius 3 is 1.30 bits per heavy atom. The van der Waals surface area contributed by atoms with Gasteiger partial charge in [0.05, 0.1) is 0 Å². The summed E-state index contributed by atoms with van der Waals surface area (Å²) in [5, 5.41) is 0. The Morgan fingerprint density at radius 2 is 0.894 bits per heavy atom. The van der Waals surface area contributed by atoms with Gasteiger partial charge in [-0.25, -0.2) is 0 Å². The summed E-state index contributed by atoms with van der Waals surface area (Å²) in [5.41, 5.74) is 0. The first-order valence-electron chi connectivity index (χ1n) is 20.6. The average molecular weight is 656 g/mol. The van der Waals surface area contributed by atoms with Crippen LogP contribution >= 0.6 is 0 Å². The molecule has 0 radical (unpaired) electrons. The van der Waals surface area contributed by atoms with Gasteiger partial charge in [-0.05, 0) is 116 Å². The number of carbonyl (C=O) groups is 1. The van der Waals surface area contributed by atoms with E-state index < -0.39 is 0 Å². The first kappa shape index (κ1) is 45.4. The topological polar surface area (TPSA) is 29.5 Å². The number of esters is 1. The van der Waals surface area contributed by atoms with Crippen molar-refractivity contribution in [3.63, 3.8) is 0 Å². The van der Waals surface area contributed by atoms with E-state index in [4.69, 9.17) is 4.74 Å². The molecule has 0 fully saturated rings. The molecule has 0 saturated carbocycles. The molecular formula is C44H81NO2. The van der Waals surface area contributed by atoms with E-state index in [1.54, 1.807) is 0 Å². The molecule has 0 unspecified atom stereocenters. The molecule has 0 amide bonds. The van der Waals surface area contributed by atoms with Gasteiger partial charge in [-0.3, -0.25) is 4.79 Å². The van der Waals surface area contributed by atoms with E-state index in [-0.39, 0.29) is 12.1 Å². The first-order valence-corrected chi connectivity index (χ1v) is 20.6. The molecule has 0 aromatic carbocycles. The summed E-state index contributed by atoms with van der Waals surface area (Å²) in [6.45, 7) is 8.68. The lowest BCUT2D eigenvalue weighted by atomic mass is 10.0. The fourth-order valence-electron chi connectivity index (χ4n) is 5.88. The highest BCUT2D eigenvalue weighted by Crippen LogP contribution is 2.18. The van der Waals surface area contributed by atoms with Crippen LogP contribution in [0.5, 0.6) is 0 Å². The van der Waals surface area contributed by atoms with Crippen molar-refractivity contribution in [3.8, 4) is 0 Å². The van der Waals surface area contributed by atoms with Gasteiger partial charge in [0.1, 0.15) is 6.10 Å². The molecule has 0 spiro atoms. The van der Waals surface area contributed by atoms with Crippen LogP contribution < -0.4 is 0 Å². The maximum absolute atomic E-state index is 12.6. The van der Waals surface area contributed by atoms with Gasteiger partial charge >= 0.3 is 5.97 Å². The minimum atomic E-state index is 0.0135. The zero-order valence-corrected chi connectivity index (χ0v) is 32.2. The van der Waals surface area contributed by atoms with Gasteiger partial charge in [0.15, 0.2) is 0 Å². The largest absolute Gasteiger partial charge is 0.462 e. The number of hydrogen-bond acceptors (Lipinski definition) is 3. The molecule has 0 heterocycles. The van der Waals surface area contributed by atoms with Crippen molar-refractivity contribution in [3.05, 3.63) is 48.6 Å². The van der Waals surface area contributed by atoms with Crippen molar-refractivity contribution in [2.75, 3.05) is 20.1 Å². The SMILES string of the molecule is CCCCCC=CCC=CCCCCCCCCC(CCCCCCCCC=CCC=CCCCCC)OC(=O)CCCN(C)CC. The monoisotopic (exact) mass is 656 g/mol. The van der Waals surface area contributed by atoms with Crippen molar-refractivity contribution in [1.82, 2.24) is 4.90 Å². The van der Waals surface area contributed by atoms with E-state index in [2.05, 4.69) is 81.3 Å². The Kier molecular flexibility index (Phi) is 37.5. The molecule has 0 aliphatic heterocycles. The number of nitrogens with zero attached hydrogens (tertiary/aromatic N) is 1. The smallest absolute Gasteiger partial charge is 0.306 e. The number of allylic oxidation sites excluding steroid dienone is 8. The minimum Gasteiger partial charge on any atom is -0.462 e. The molecule has 0 aromatic heterocycles. The zero-order valence-electron chi connectivity index (χ0n) is 32.2. The second-order valence-corrected chi connectivity index (χ2v) is 13.9. The molecule has 274 valence electrons. The zero-order chi connectivity index (χ0) is 34.3. The van der Waals surface area contributed by atoms with Crippen LogP contribution in [-0.4, -0.2) is 37.1 Å². The highest BCUT2D eigenvalue weighted by molar-refractivity contribution is 5.69. The van der Waals surface area contributed by atoms with Crippen molar-refractivity contribution < 1.29 is 9.53 Å². The highest BCUT2D eigenvalue weighted by atomic mass is 16.5. The predicted molar refractivity (Wildman–Crippen MR) is 210 cm³/mol. The van der Waals surface area contributed by atoms with Gasteiger partial charge in [0, 0.05) is 6.42 Å². The standard InChI is InChI=1S/C44H81NO2/c1-5-8-10-12-14-16-18-20-22-24-26-28-30-32-34-36-39-43(47-44(46)41-38-42-45(4)7-3)40-37-35-33-31-29-27-25-23-21-19-17-15-13-11-9-6-2/h14-17,20-23,43H,5-13,18-19,24-42H2,1-4H3. The van der Waals surface area contributed by atoms with Gasteiger partial charge < -0.3 is 9.64 Å². The van der Waals surface area contributed by atoms with Gasteiger partial charge in [0.25, 0.3) is 0 Å². The molecule has 0 aromatic rings. The lowest BCUT2D eigenvalue weighted by Gasteiger charge is -2.19. The molecule has 3 nitrogen and oxygen atoms in total. The van der Waals surface area contributed by atoms with Crippen LogP contribution in [-0.2, 0) is 9.53 Å². The van der Waals surface area contributed by atoms with Gasteiger partial charge in [-0.15, -0.1) is 0 Å². The molecule has 0 aliphatic rings. The number of rotatable bonds is 36. The van der Waals surface area contributed by atoms with E-state index in [0.29, 0.717) is 6.42 Å². The van der Waals surface area contributed by atoms with E-state index in [0.717, 1.165) is 45.2 Å². The van der Waals surface area contributed by atoms with Gasteiger partial charge in [-0.2, -0.15) is 0 Å². The fourth-order valence-corrected chi connectivity index (χ4v) is 5.88. The number of ether oxygens (including phenoxy) is 1. The summed E-state index contributed by atoms with van der Waals surface area (Å²) in [6.07, 6.45) is 52.8. The third-order valence-electron chi connectivity index (χ3n) is 9.21. The summed E-state index contributed by atoms with van der Waals surface area (Å²) in [7, 11) is 2.12. The Labute approximate surface area is 295 Å². The molecule has 47 heavy (non-hydrogen) atoms. The molecule has 0 N–H and O–H groups in total. The molecule has 0 bridgehead atoms. The predicted octanol–water partition coefficient (Wildman–Crippen LogP) is 14.0. The van der Waals surface area contributed by atoms with Crippen LogP contribution in [0.1, 0.15) is 201 Å². The maximum Gasteiger partial charge on any atom is 0.306 e. The van der Waals surface area contributed by atoms with Crippen LogP contribution in [0.15, 0.2) is 48.6 Å². The number of carbonyl (C=O) groups excluding carboxylic acids is 1. The summed E-state index contributed by atoms with van der Waals surface area (Å²) in [4.78, 5) is 14.9. The van der Waals surface area contributed by atoms with Gasteiger partial charge in [-0.1, -0.05) is 146 Å². The quantitative estimate of drug-likeness (QED) is 0.0382. The fraction of sp³-hybridized carbons (Fsp3) is 0.795. The second kappa shape index (κ2) is 38.8. The Hall–Kier alpha value is -1.61. The molecule has 0 atom stereocenters. The second-order valence-electron chi connectivity index (χ2n) is 13.9. The van der Waals surface area contributed by atoms with E-state index in [1.807, 2.05) is 0 Å².